The van der Waals surface area contributed by atoms with Gasteiger partial charge < -0.3 is 30.0 Å². The molecule has 6 atom stereocenters. The maximum absolute atomic E-state index is 14.0. The number of carbonyl (C=O) groups is 4. The maximum atomic E-state index is 14.0. The van der Waals surface area contributed by atoms with Crippen LogP contribution in [0, 0.1) is 22.7 Å². The molecule has 0 radical (unpaired) electrons. The molecule has 0 saturated carbocycles. The van der Waals surface area contributed by atoms with Crippen LogP contribution in [-0.2, 0) is 77.5 Å². The van der Waals surface area contributed by atoms with Gasteiger partial charge in [0, 0.05) is 24.6 Å². The standard InChI is InChI=1S/C34H32ClF6N3O4.C31H29F6N3O3.C3H4Cl2O/c1-23(25-16-27(33(36,37)38)18-28(17-25)34(39,40)41)48-22-32(26-10-6-3-7-11-26)14-13-31(20-42,43-29(45)12-15-35)21-44(32)30(46)47-19-24-8-4-2-5-9-24;1-21(23-14-25(30(32,33)34)16-26(15-23)31(35,36)37)43-20-29(24-10-6-3-7-11-24)13-12-28(39,18-38)19-40(29)27(41)42-17-22-8-4-2-5-9-22;4-2-1-3(5)6/h2-11,16-18,23H,12-15,19,21-22H2,1H3,(H,43,45);2-11,14-16,21H,12-13,17,19-20,39H2,1H3;1-2H2/t23-,31-,32-;21-,28-,29-;/m11./s1. The molecule has 6 aromatic rings. The minimum absolute atomic E-state index is 0.00469. The third kappa shape index (κ3) is 21.2. The van der Waals surface area contributed by atoms with Crippen molar-refractivity contribution in [3.05, 3.63) is 213 Å². The lowest BCUT2D eigenvalue weighted by Gasteiger charge is -2.51. The van der Waals surface area contributed by atoms with Gasteiger partial charge in [-0.1, -0.05) is 121 Å². The quantitative estimate of drug-likeness (QED) is 0.0444. The first-order valence-electron chi connectivity index (χ1n) is 29.7. The predicted molar refractivity (Wildman–Crippen MR) is 334 cm³/mol. The van der Waals surface area contributed by atoms with Crippen LogP contribution in [0.2, 0.25) is 0 Å². The van der Waals surface area contributed by atoms with Crippen molar-refractivity contribution in [2.24, 2.45) is 5.73 Å². The molecule has 520 valence electrons. The number of amides is 3. The van der Waals surface area contributed by atoms with Crippen molar-refractivity contribution in [1.29, 1.82) is 10.5 Å². The Hall–Kier alpha value is -8.11. The van der Waals surface area contributed by atoms with E-state index in [0.29, 0.717) is 52.4 Å². The number of nitrogens with two attached hydrogens (primary N) is 1. The van der Waals surface area contributed by atoms with E-state index in [1.807, 2.05) is 6.07 Å². The second kappa shape index (κ2) is 33.4. The first-order valence-corrected chi connectivity index (χ1v) is 31.1. The molecule has 2 heterocycles. The van der Waals surface area contributed by atoms with Gasteiger partial charge in [0.1, 0.15) is 24.3 Å². The molecule has 8 rings (SSSR count). The zero-order chi connectivity index (χ0) is 71.6. The van der Waals surface area contributed by atoms with Crippen molar-refractivity contribution >= 4 is 58.1 Å². The summed E-state index contributed by atoms with van der Waals surface area (Å²) in [4.78, 5) is 52.4. The Morgan fingerprint density at radius 1 is 0.526 bits per heavy atom. The number of nitrogens with zero attached hydrogens (tertiary/aromatic N) is 4. The van der Waals surface area contributed by atoms with Gasteiger partial charge in [-0.3, -0.25) is 19.4 Å². The first-order chi connectivity index (χ1) is 45.6. The fourth-order valence-corrected chi connectivity index (χ4v) is 11.3. The highest BCUT2D eigenvalue weighted by Gasteiger charge is 2.54. The SMILES string of the molecule is C[C@@H](OC[C@@]1(c2ccccc2)CC[C@@](N)(C#N)CN1C(=O)OCc1ccccc1)c1cc(C(F)(F)F)cc(C(F)(F)F)c1.C[C@@H](OC[C@@]1(c2ccccc2)CC[C@](C#N)(NC(=O)CCCl)CN1C(=O)OCc1ccccc1)c1cc(C(F)(F)F)cc(C(F)(F)F)c1.O=C(Cl)CCCl. The van der Waals surface area contributed by atoms with Gasteiger partial charge in [-0.2, -0.15) is 63.2 Å². The lowest BCUT2D eigenvalue weighted by Crippen LogP contribution is -2.66. The number of piperidine rings is 2. The number of rotatable bonds is 19. The lowest BCUT2D eigenvalue weighted by molar-refractivity contribution is -0.145. The molecule has 0 aromatic heterocycles. The molecular weight excluding hydrogens is 1360 g/mol. The van der Waals surface area contributed by atoms with E-state index >= 15 is 0 Å². The summed E-state index contributed by atoms with van der Waals surface area (Å²) >= 11 is 15.7. The Labute approximate surface area is 566 Å². The van der Waals surface area contributed by atoms with Crippen LogP contribution in [0.5, 0.6) is 0 Å². The van der Waals surface area contributed by atoms with E-state index in [1.165, 1.54) is 23.6 Å². The van der Waals surface area contributed by atoms with Crippen molar-refractivity contribution in [3.63, 3.8) is 0 Å². The zero-order valence-electron chi connectivity index (χ0n) is 51.9. The predicted octanol–water partition coefficient (Wildman–Crippen LogP) is 16.9. The summed E-state index contributed by atoms with van der Waals surface area (Å²) in [5.41, 5.74) is -3.63. The van der Waals surface area contributed by atoms with Gasteiger partial charge in [0.25, 0.3) is 0 Å². The third-order valence-electron chi connectivity index (χ3n) is 16.1. The van der Waals surface area contributed by atoms with Crippen molar-refractivity contribution in [2.75, 3.05) is 38.1 Å². The highest BCUT2D eigenvalue weighted by molar-refractivity contribution is 6.63. The van der Waals surface area contributed by atoms with E-state index in [9.17, 15) is 82.4 Å². The maximum Gasteiger partial charge on any atom is 0.416 e. The summed E-state index contributed by atoms with van der Waals surface area (Å²) in [7, 11) is 0. The number of likely N-dealkylation sites (tertiary alicyclic amines) is 2. The summed E-state index contributed by atoms with van der Waals surface area (Å²) in [6.45, 7) is 1.02. The molecule has 6 aromatic carbocycles. The molecule has 0 spiro atoms. The molecule has 2 saturated heterocycles. The van der Waals surface area contributed by atoms with Crippen molar-refractivity contribution in [1.82, 2.24) is 15.1 Å². The van der Waals surface area contributed by atoms with Gasteiger partial charge in [-0.05, 0) is 121 Å². The molecule has 0 bridgehead atoms. The van der Waals surface area contributed by atoms with Crippen LogP contribution >= 0.6 is 34.8 Å². The van der Waals surface area contributed by atoms with Gasteiger partial charge in [0.05, 0.1) is 84.0 Å². The average Bonchev–Trinajstić information content (AvgIpc) is 0.754. The van der Waals surface area contributed by atoms with Gasteiger partial charge >= 0.3 is 36.9 Å². The Morgan fingerprint density at radius 3 is 1.20 bits per heavy atom. The van der Waals surface area contributed by atoms with Gasteiger partial charge in [-0.25, -0.2) is 9.59 Å². The Kier molecular flexibility index (Phi) is 26.8. The van der Waals surface area contributed by atoms with E-state index in [0.717, 1.165) is 0 Å². The number of carbonyl (C=O) groups excluding carboxylic acids is 4. The fourth-order valence-electron chi connectivity index (χ4n) is 10.7. The Balaban J connectivity index is 0.000000284. The summed E-state index contributed by atoms with van der Waals surface area (Å²) in [5.74, 6) is -0.213. The molecule has 3 N–H and O–H groups in total. The molecule has 29 heteroatoms. The fraction of sp³-hybridized carbons (Fsp3) is 0.382. The number of nitriles is 2. The average molecular weight is 1430 g/mol. The molecule has 3 amide bonds. The highest BCUT2D eigenvalue weighted by atomic mass is 35.5. The number of hydrogen-bond acceptors (Lipinski definition) is 11. The topological polar surface area (TPSA) is 197 Å². The van der Waals surface area contributed by atoms with Crippen LogP contribution in [0.1, 0.15) is 120 Å². The minimum atomic E-state index is -5.06. The second-order valence-electron chi connectivity index (χ2n) is 22.9. The summed E-state index contributed by atoms with van der Waals surface area (Å²) < 4.78 is 186. The largest absolute Gasteiger partial charge is 0.445 e. The van der Waals surface area contributed by atoms with Crippen LogP contribution in [0.15, 0.2) is 158 Å². The van der Waals surface area contributed by atoms with Gasteiger partial charge in [0.15, 0.2) is 0 Å². The molecule has 97 heavy (non-hydrogen) atoms. The number of alkyl halides is 14. The zero-order valence-corrected chi connectivity index (χ0v) is 54.1. The van der Waals surface area contributed by atoms with E-state index in [4.69, 9.17) is 59.5 Å². The monoisotopic (exact) mass is 1430 g/mol. The third-order valence-corrected chi connectivity index (χ3v) is 16.6. The van der Waals surface area contributed by atoms with E-state index in [-0.39, 0.29) is 106 Å². The van der Waals surface area contributed by atoms with Gasteiger partial charge in [0.2, 0.25) is 11.1 Å². The molecule has 2 aliphatic rings. The number of ether oxygens (including phenoxy) is 4. The first kappa shape index (κ1) is 77.9. The summed E-state index contributed by atoms with van der Waals surface area (Å²) in [6, 6.07) is 41.3. The van der Waals surface area contributed by atoms with Crippen LogP contribution < -0.4 is 11.1 Å². The number of hydrogen-bond donors (Lipinski definition) is 2. The van der Waals surface area contributed by atoms with E-state index in [1.54, 1.807) is 121 Å². The number of benzene rings is 6. The van der Waals surface area contributed by atoms with Gasteiger partial charge in [-0.15, -0.1) is 23.2 Å². The Morgan fingerprint density at radius 2 is 0.876 bits per heavy atom. The second-order valence-corrected chi connectivity index (χ2v) is 24.1. The molecular formula is C68H65Cl3F12N6O8. The van der Waals surface area contributed by atoms with Crippen LogP contribution in [-0.4, -0.2) is 82.3 Å². The molecule has 0 unspecified atom stereocenters. The highest BCUT2D eigenvalue weighted by Crippen LogP contribution is 2.46. The van der Waals surface area contributed by atoms with E-state index < -0.39 is 106 Å². The molecule has 2 fully saturated rings. The van der Waals surface area contributed by atoms with Crippen LogP contribution in [0.3, 0.4) is 0 Å². The van der Waals surface area contributed by atoms with E-state index in [2.05, 4.69) is 11.4 Å². The van der Waals surface area contributed by atoms with Crippen molar-refractivity contribution < 1.29 is 90.8 Å². The molecule has 2 aliphatic heterocycles. The molecule has 14 nitrogen and oxygen atoms in total. The van der Waals surface area contributed by atoms with Crippen LogP contribution in [0.25, 0.3) is 0 Å². The number of halogens is 15. The summed E-state index contributed by atoms with van der Waals surface area (Å²) in [5, 5.41) is 22.3. The smallest absolute Gasteiger partial charge is 0.416 e. The Bertz CT molecular complexity index is 3640. The molecule has 0 aliphatic carbocycles. The van der Waals surface area contributed by atoms with Crippen LogP contribution in [0.4, 0.5) is 62.3 Å². The normalized spacial score (nSPS) is 20.2. The van der Waals surface area contributed by atoms with Crippen molar-refractivity contribution in [3.8, 4) is 12.1 Å². The minimum Gasteiger partial charge on any atom is -0.445 e. The van der Waals surface area contributed by atoms with Crippen molar-refractivity contribution in [2.45, 2.75) is 125 Å². The summed E-state index contributed by atoms with van der Waals surface area (Å²) in [6.07, 6.45) is -24.0. The number of nitrogens with one attached hydrogen (secondary N) is 1. The lowest BCUT2D eigenvalue weighted by atomic mass is 9.75.